The normalized spacial score (nSPS) is 31.5. The van der Waals surface area contributed by atoms with E-state index in [0.29, 0.717) is 11.7 Å². The molecule has 21 heavy (non-hydrogen) atoms. The zero-order valence-corrected chi connectivity index (χ0v) is 13.1. The van der Waals surface area contributed by atoms with Crippen LogP contribution in [0.3, 0.4) is 0 Å². The van der Waals surface area contributed by atoms with Crippen LogP contribution in [0.4, 0.5) is 0 Å². The van der Waals surface area contributed by atoms with Crippen molar-refractivity contribution in [2.45, 2.75) is 36.8 Å². The summed E-state index contributed by atoms with van der Waals surface area (Å²) >= 11 is 0. The van der Waals surface area contributed by atoms with E-state index in [9.17, 15) is 8.42 Å². The largest absolute Gasteiger partial charge is 0.497 e. The zero-order chi connectivity index (χ0) is 15.0. The van der Waals surface area contributed by atoms with Crippen molar-refractivity contribution in [2.75, 3.05) is 13.7 Å². The molecule has 0 aromatic heterocycles. The first-order valence-corrected chi connectivity index (χ1v) is 8.83. The van der Waals surface area contributed by atoms with Gasteiger partial charge in [0, 0.05) is 30.6 Å². The third-order valence-electron chi connectivity index (χ3n) is 4.64. The van der Waals surface area contributed by atoms with Gasteiger partial charge < -0.3 is 9.47 Å². The van der Waals surface area contributed by atoms with Crippen molar-refractivity contribution in [1.29, 1.82) is 0 Å². The minimum absolute atomic E-state index is 0.0151. The lowest BCUT2D eigenvalue weighted by Gasteiger charge is -2.47. The van der Waals surface area contributed by atoms with Crippen molar-refractivity contribution < 1.29 is 17.9 Å². The van der Waals surface area contributed by atoms with Crippen molar-refractivity contribution in [3.05, 3.63) is 24.3 Å². The topological polar surface area (TPSA) is 64.6 Å². The Hall–Kier alpha value is -1.11. The third kappa shape index (κ3) is 2.56. The van der Waals surface area contributed by atoms with Crippen molar-refractivity contribution in [3.8, 4) is 5.75 Å². The van der Waals surface area contributed by atoms with Gasteiger partial charge in [-0.05, 0) is 25.0 Å². The predicted molar refractivity (Wildman–Crippen MR) is 78.7 cm³/mol. The molecule has 0 amide bonds. The molecule has 1 aliphatic carbocycles. The van der Waals surface area contributed by atoms with E-state index >= 15 is 0 Å². The van der Waals surface area contributed by atoms with Crippen molar-refractivity contribution in [1.82, 2.24) is 4.72 Å². The van der Waals surface area contributed by atoms with Crippen molar-refractivity contribution in [2.24, 2.45) is 11.8 Å². The minimum Gasteiger partial charge on any atom is -0.497 e. The highest BCUT2D eigenvalue weighted by Crippen LogP contribution is 2.45. The van der Waals surface area contributed by atoms with E-state index in [1.165, 1.54) is 7.11 Å². The van der Waals surface area contributed by atoms with Gasteiger partial charge in [-0.2, -0.15) is 0 Å². The molecule has 1 aliphatic heterocycles. The van der Waals surface area contributed by atoms with Gasteiger partial charge in [0.1, 0.15) is 5.75 Å². The van der Waals surface area contributed by atoms with Gasteiger partial charge in [0.05, 0.1) is 18.1 Å². The van der Waals surface area contributed by atoms with E-state index in [0.717, 1.165) is 19.4 Å². The van der Waals surface area contributed by atoms with E-state index in [1.54, 1.807) is 24.3 Å². The fourth-order valence-electron chi connectivity index (χ4n) is 3.51. The van der Waals surface area contributed by atoms with Crippen LogP contribution in [0.1, 0.15) is 19.8 Å². The van der Waals surface area contributed by atoms with Crippen LogP contribution in [0.15, 0.2) is 29.2 Å². The van der Waals surface area contributed by atoms with Gasteiger partial charge in [0.2, 0.25) is 10.0 Å². The van der Waals surface area contributed by atoms with Crippen molar-refractivity contribution >= 4 is 10.0 Å². The summed E-state index contributed by atoms with van der Waals surface area (Å²) in [5.74, 6) is 1.13. The average molecular weight is 311 g/mol. The van der Waals surface area contributed by atoms with Crippen molar-refractivity contribution in [3.63, 3.8) is 0 Å². The molecule has 1 aromatic carbocycles. The number of nitrogens with one attached hydrogen (secondary N) is 1. The highest BCUT2D eigenvalue weighted by atomic mass is 32.2. The molecule has 0 bridgehead atoms. The second kappa shape index (κ2) is 5.59. The average Bonchev–Trinajstić information content (AvgIpc) is 2.90. The zero-order valence-electron chi connectivity index (χ0n) is 12.3. The van der Waals surface area contributed by atoms with E-state index in [2.05, 4.69) is 11.6 Å². The molecule has 2 aliphatic rings. The number of benzene rings is 1. The molecule has 0 radical (unpaired) electrons. The van der Waals surface area contributed by atoms with Crippen LogP contribution in [0.5, 0.6) is 5.75 Å². The summed E-state index contributed by atoms with van der Waals surface area (Å²) in [5.41, 5.74) is 0. The van der Waals surface area contributed by atoms with Crippen LogP contribution in [0, 0.1) is 11.8 Å². The standard InChI is InChI=1S/C15H21NO4S/c1-3-12-14(13-7-8-20-15(12)13)16-21(17,18)11-6-4-5-10(9-11)19-2/h4-6,9,12-16H,3,7-8H2,1-2H3/t12-,13+,14+,15-/m0/s1. The van der Waals surface area contributed by atoms with E-state index < -0.39 is 10.0 Å². The van der Waals surface area contributed by atoms with Gasteiger partial charge in [-0.1, -0.05) is 13.0 Å². The summed E-state index contributed by atoms with van der Waals surface area (Å²) in [5, 5.41) is 0. The lowest BCUT2D eigenvalue weighted by Crippen LogP contribution is -2.61. The first-order chi connectivity index (χ1) is 10.1. The summed E-state index contributed by atoms with van der Waals surface area (Å²) in [6.07, 6.45) is 2.09. The highest BCUT2D eigenvalue weighted by molar-refractivity contribution is 7.89. The van der Waals surface area contributed by atoms with Crippen LogP contribution in [-0.4, -0.2) is 34.3 Å². The van der Waals surface area contributed by atoms with Crippen LogP contribution in [0.25, 0.3) is 0 Å². The van der Waals surface area contributed by atoms with Gasteiger partial charge in [-0.15, -0.1) is 0 Å². The molecule has 1 heterocycles. The first-order valence-electron chi connectivity index (χ1n) is 7.35. The summed E-state index contributed by atoms with van der Waals surface area (Å²) in [4.78, 5) is 0.249. The first kappa shape index (κ1) is 14.8. The van der Waals surface area contributed by atoms with Crippen LogP contribution < -0.4 is 9.46 Å². The summed E-state index contributed by atoms with van der Waals surface area (Å²) in [6.45, 7) is 2.82. The molecule has 0 spiro atoms. The molecular formula is C15H21NO4S. The van der Waals surface area contributed by atoms with Gasteiger partial charge in [0.15, 0.2) is 0 Å². The number of ether oxygens (including phenoxy) is 2. The Morgan fingerprint density at radius 3 is 2.95 bits per heavy atom. The summed E-state index contributed by atoms with van der Waals surface area (Å²) in [7, 11) is -1.99. The number of sulfonamides is 1. The number of rotatable bonds is 5. The Labute approximate surface area is 125 Å². The Balaban J connectivity index is 1.79. The van der Waals surface area contributed by atoms with E-state index in [-0.39, 0.29) is 23.0 Å². The van der Waals surface area contributed by atoms with Gasteiger partial charge in [0.25, 0.3) is 0 Å². The molecule has 0 unspecified atom stereocenters. The third-order valence-corrected chi connectivity index (χ3v) is 6.10. The molecule has 3 rings (SSSR count). The molecule has 1 saturated heterocycles. The fourth-order valence-corrected chi connectivity index (χ4v) is 4.88. The molecule has 2 fully saturated rings. The van der Waals surface area contributed by atoms with Gasteiger partial charge in [-0.3, -0.25) is 0 Å². The number of methoxy groups -OCH3 is 1. The van der Waals surface area contributed by atoms with E-state index in [1.807, 2.05) is 0 Å². The monoisotopic (exact) mass is 311 g/mol. The quantitative estimate of drug-likeness (QED) is 0.900. The molecule has 116 valence electrons. The maximum atomic E-state index is 12.5. The summed E-state index contributed by atoms with van der Waals surface area (Å²) in [6, 6.07) is 6.54. The molecule has 1 aromatic rings. The Morgan fingerprint density at radius 1 is 1.43 bits per heavy atom. The fraction of sp³-hybridized carbons (Fsp3) is 0.600. The summed E-state index contributed by atoms with van der Waals surface area (Å²) < 4.78 is 38.7. The molecular weight excluding hydrogens is 290 g/mol. The Morgan fingerprint density at radius 2 is 2.24 bits per heavy atom. The van der Waals surface area contributed by atoms with Crippen LogP contribution in [0.2, 0.25) is 0 Å². The molecule has 5 nitrogen and oxygen atoms in total. The number of fused-ring (bicyclic) bond motifs is 1. The highest BCUT2D eigenvalue weighted by Gasteiger charge is 2.53. The molecule has 1 N–H and O–H groups in total. The van der Waals surface area contributed by atoms with Gasteiger partial charge in [-0.25, -0.2) is 13.1 Å². The predicted octanol–water partition coefficient (Wildman–Crippen LogP) is 1.79. The lowest BCUT2D eigenvalue weighted by atomic mass is 9.66. The van der Waals surface area contributed by atoms with Gasteiger partial charge >= 0.3 is 0 Å². The second-order valence-corrected chi connectivity index (χ2v) is 7.40. The molecule has 1 saturated carbocycles. The Kier molecular flexibility index (Phi) is 3.94. The molecule has 6 heteroatoms. The minimum atomic E-state index is -3.52. The van der Waals surface area contributed by atoms with Crippen LogP contribution >= 0.6 is 0 Å². The van der Waals surface area contributed by atoms with Crippen LogP contribution in [-0.2, 0) is 14.8 Å². The SMILES string of the molecule is CC[C@H]1[C@@H](NS(=O)(=O)c2cccc(OC)c2)[C@H]2CCO[C@H]21. The lowest BCUT2D eigenvalue weighted by molar-refractivity contribution is -0.0501. The Bertz CT molecular complexity index is 616. The maximum absolute atomic E-state index is 12.5. The number of hydrogen-bond donors (Lipinski definition) is 1. The van der Waals surface area contributed by atoms with E-state index in [4.69, 9.17) is 9.47 Å². The smallest absolute Gasteiger partial charge is 0.240 e. The maximum Gasteiger partial charge on any atom is 0.240 e. The second-order valence-electron chi connectivity index (χ2n) is 5.69. The molecule has 4 atom stereocenters. The number of hydrogen-bond acceptors (Lipinski definition) is 4.